The molecule has 1 aliphatic rings. The Morgan fingerprint density at radius 2 is 1.71 bits per heavy atom. The monoisotopic (exact) mass is 514 g/mol. The van der Waals surface area contributed by atoms with Gasteiger partial charge in [-0.2, -0.15) is 4.98 Å². The van der Waals surface area contributed by atoms with E-state index in [1.54, 1.807) is 12.3 Å². The summed E-state index contributed by atoms with van der Waals surface area (Å²) in [6.45, 7) is 7.64. The lowest BCUT2D eigenvalue weighted by molar-refractivity contribution is 0.0662. The number of benzene rings is 2. The first kappa shape index (κ1) is 25.4. The molecule has 1 aliphatic heterocycles. The van der Waals surface area contributed by atoms with E-state index in [2.05, 4.69) is 56.7 Å². The molecule has 5 rings (SSSR count). The Morgan fingerprint density at radius 3 is 2.42 bits per heavy atom. The van der Waals surface area contributed by atoms with Crippen molar-refractivity contribution in [3.63, 3.8) is 0 Å². The van der Waals surface area contributed by atoms with Gasteiger partial charge in [-0.05, 0) is 51.2 Å². The third-order valence-corrected chi connectivity index (χ3v) is 6.54. The van der Waals surface area contributed by atoms with Crippen LogP contribution < -0.4 is 21.4 Å². The molecular formula is C27H34N10O. The summed E-state index contributed by atoms with van der Waals surface area (Å²) in [6.07, 6.45) is 1.72. The van der Waals surface area contributed by atoms with Crippen molar-refractivity contribution in [3.8, 4) is 0 Å². The van der Waals surface area contributed by atoms with Crippen molar-refractivity contribution >= 4 is 46.0 Å². The zero-order valence-electron chi connectivity index (χ0n) is 22.2. The molecule has 38 heavy (non-hydrogen) atoms. The number of hydrazine groups is 1. The summed E-state index contributed by atoms with van der Waals surface area (Å²) in [4.78, 5) is 29.1. The number of likely N-dealkylation sites (N-methyl/N-ethyl adjacent to an activating group) is 1. The van der Waals surface area contributed by atoms with Crippen LogP contribution in [0.4, 0.5) is 29.0 Å². The lowest BCUT2D eigenvalue weighted by Gasteiger charge is -2.32. The molecule has 0 unspecified atom stereocenters. The molecule has 0 bridgehead atoms. The molecule has 0 spiro atoms. The van der Waals surface area contributed by atoms with E-state index in [4.69, 9.17) is 9.97 Å². The van der Waals surface area contributed by atoms with Gasteiger partial charge < -0.3 is 20.9 Å². The van der Waals surface area contributed by atoms with Crippen molar-refractivity contribution in [3.05, 3.63) is 60.3 Å². The molecule has 11 heteroatoms. The van der Waals surface area contributed by atoms with E-state index in [1.165, 1.54) is 0 Å². The second-order valence-electron chi connectivity index (χ2n) is 9.66. The SMILES string of the molecule is CNc1cc(C(=O)NN2CCN(C)CC2)ccc1Nc1ncc2nc(Nc3ccccc3)n(C(C)C)c2n1. The zero-order chi connectivity index (χ0) is 26.6. The smallest absolute Gasteiger partial charge is 0.265 e. The molecule has 198 valence electrons. The highest BCUT2D eigenvalue weighted by atomic mass is 16.2. The van der Waals surface area contributed by atoms with Crippen LogP contribution in [-0.4, -0.2) is 75.6 Å². The summed E-state index contributed by atoms with van der Waals surface area (Å²) in [5.74, 6) is 1.02. The summed E-state index contributed by atoms with van der Waals surface area (Å²) < 4.78 is 2.06. The Bertz CT molecular complexity index is 1410. The van der Waals surface area contributed by atoms with E-state index in [0.29, 0.717) is 23.0 Å². The van der Waals surface area contributed by atoms with Crippen molar-refractivity contribution in [2.24, 2.45) is 0 Å². The number of amides is 1. The predicted octanol–water partition coefficient (Wildman–Crippen LogP) is 3.83. The van der Waals surface area contributed by atoms with Crippen molar-refractivity contribution in [2.75, 3.05) is 56.2 Å². The van der Waals surface area contributed by atoms with Gasteiger partial charge in [-0.3, -0.25) is 14.8 Å². The number of piperazine rings is 1. The fourth-order valence-electron chi connectivity index (χ4n) is 4.43. The van der Waals surface area contributed by atoms with E-state index in [1.807, 2.05) is 54.5 Å². The number of carbonyl (C=O) groups excluding carboxylic acids is 1. The van der Waals surface area contributed by atoms with Crippen LogP contribution in [0.1, 0.15) is 30.2 Å². The number of hydrogen-bond donors (Lipinski definition) is 4. The van der Waals surface area contributed by atoms with Crippen LogP contribution >= 0.6 is 0 Å². The van der Waals surface area contributed by atoms with Gasteiger partial charge in [0.25, 0.3) is 5.91 Å². The average Bonchev–Trinajstić information content (AvgIpc) is 3.28. The molecule has 0 atom stereocenters. The summed E-state index contributed by atoms with van der Waals surface area (Å²) in [7, 11) is 3.91. The Labute approximate surface area is 222 Å². The third kappa shape index (κ3) is 5.53. The largest absolute Gasteiger partial charge is 0.386 e. The van der Waals surface area contributed by atoms with Gasteiger partial charge in [0.2, 0.25) is 11.9 Å². The number of aromatic nitrogens is 4. The molecule has 1 saturated heterocycles. The van der Waals surface area contributed by atoms with Crippen LogP contribution in [0, 0.1) is 0 Å². The lowest BCUT2D eigenvalue weighted by atomic mass is 10.1. The summed E-state index contributed by atoms with van der Waals surface area (Å²) in [5.41, 5.74) is 7.50. The number of anilines is 5. The molecule has 0 saturated carbocycles. The number of imidazole rings is 1. The third-order valence-electron chi connectivity index (χ3n) is 6.54. The number of para-hydroxylation sites is 1. The first-order valence-corrected chi connectivity index (χ1v) is 12.8. The van der Waals surface area contributed by atoms with E-state index in [-0.39, 0.29) is 11.9 Å². The van der Waals surface area contributed by atoms with Crippen LogP contribution in [0.15, 0.2) is 54.7 Å². The molecule has 1 fully saturated rings. The van der Waals surface area contributed by atoms with Gasteiger partial charge in [0.15, 0.2) is 5.65 Å². The highest BCUT2D eigenvalue weighted by Gasteiger charge is 2.19. The van der Waals surface area contributed by atoms with E-state index >= 15 is 0 Å². The molecule has 0 radical (unpaired) electrons. The number of hydrogen-bond acceptors (Lipinski definition) is 9. The van der Waals surface area contributed by atoms with E-state index < -0.39 is 0 Å². The molecule has 0 aliphatic carbocycles. The number of carbonyl (C=O) groups is 1. The van der Waals surface area contributed by atoms with Gasteiger partial charge in [-0.25, -0.2) is 15.0 Å². The normalized spacial score (nSPS) is 14.6. The Kier molecular flexibility index (Phi) is 7.38. The average molecular weight is 515 g/mol. The standard InChI is InChI=1S/C27H34N10O/c1-18(2)37-24-23(32-27(37)30-20-8-6-5-7-9-20)17-29-26(33-24)31-21-11-10-19(16-22(21)28-3)25(38)34-36-14-12-35(4)13-15-36/h5-11,16-18,28H,12-15H2,1-4H3,(H,30,32)(H,34,38)(H,29,31,33). The van der Waals surface area contributed by atoms with Crippen LogP contribution in [-0.2, 0) is 0 Å². The minimum atomic E-state index is -0.130. The van der Waals surface area contributed by atoms with E-state index in [0.717, 1.165) is 48.9 Å². The zero-order valence-corrected chi connectivity index (χ0v) is 22.2. The minimum Gasteiger partial charge on any atom is -0.386 e. The second kappa shape index (κ2) is 11.0. The molecule has 1 amide bonds. The summed E-state index contributed by atoms with van der Waals surface area (Å²) in [5, 5.41) is 11.8. The maximum atomic E-state index is 12.9. The number of fused-ring (bicyclic) bond motifs is 1. The summed E-state index contributed by atoms with van der Waals surface area (Å²) >= 11 is 0. The van der Waals surface area contributed by atoms with Crippen LogP contribution in [0.25, 0.3) is 11.2 Å². The highest BCUT2D eigenvalue weighted by Crippen LogP contribution is 2.29. The first-order valence-electron chi connectivity index (χ1n) is 12.8. The molecule has 11 nitrogen and oxygen atoms in total. The van der Waals surface area contributed by atoms with Gasteiger partial charge in [-0.1, -0.05) is 18.2 Å². The lowest BCUT2D eigenvalue weighted by Crippen LogP contribution is -2.52. The van der Waals surface area contributed by atoms with Crippen molar-refractivity contribution in [1.82, 2.24) is 34.9 Å². The van der Waals surface area contributed by atoms with Gasteiger partial charge in [0.1, 0.15) is 5.52 Å². The molecule has 4 N–H and O–H groups in total. The first-order chi connectivity index (χ1) is 18.4. The predicted molar refractivity (Wildman–Crippen MR) is 151 cm³/mol. The molecule has 2 aromatic heterocycles. The van der Waals surface area contributed by atoms with Crippen LogP contribution in [0.2, 0.25) is 0 Å². The van der Waals surface area contributed by atoms with Crippen molar-refractivity contribution in [1.29, 1.82) is 0 Å². The van der Waals surface area contributed by atoms with Crippen LogP contribution in [0.5, 0.6) is 0 Å². The number of nitrogens with zero attached hydrogens (tertiary/aromatic N) is 6. The fourth-order valence-corrected chi connectivity index (χ4v) is 4.43. The maximum Gasteiger partial charge on any atom is 0.265 e. The van der Waals surface area contributed by atoms with Gasteiger partial charge in [0.05, 0.1) is 17.6 Å². The van der Waals surface area contributed by atoms with Gasteiger partial charge >= 0.3 is 0 Å². The topological polar surface area (TPSA) is 115 Å². The quantitative estimate of drug-likeness (QED) is 0.278. The Balaban J connectivity index is 1.36. The molecule has 4 aromatic rings. The Morgan fingerprint density at radius 1 is 0.947 bits per heavy atom. The second-order valence-corrected chi connectivity index (χ2v) is 9.66. The number of rotatable bonds is 8. The van der Waals surface area contributed by atoms with Crippen molar-refractivity contribution < 1.29 is 4.79 Å². The van der Waals surface area contributed by atoms with Gasteiger partial charge in [0, 0.05) is 50.5 Å². The molecule has 3 heterocycles. The molecule has 2 aromatic carbocycles. The molecular weight excluding hydrogens is 480 g/mol. The fraction of sp³-hybridized carbons (Fsp3) is 0.333. The maximum absolute atomic E-state index is 12.9. The Hall–Kier alpha value is -4.22. The van der Waals surface area contributed by atoms with Crippen LogP contribution in [0.3, 0.4) is 0 Å². The van der Waals surface area contributed by atoms with Gasteiger partial charge in [-0.15, -0.1) is 0 Å². The van der Waals surface area contributed by atoms with E-state index in [9.17, 15) is 4.79 Å². The van der Waals surface area contributed by atoms with Crippen molar-refractivity contribution in [2.45, 2.75) is 19.9 Å². The minimum absolute atomic E-state index is 0.125. The summed E-state index contributed by atoms with van der Waals surface area (Å²) in [6, 6.07) is 15.5. The highest BCUT2D eigenvalue weighted by molar-refractivity contribution is 5.96. The number of nitrogens with one attached hydrogen (secondary N) is 4.